The lowest BCUT2D eigenvalue weighted by Gasteiger charge is -2.17. The Kier molecular flexibility index (Phi) is 4.62. The number of nitrogens with zero attached hydrogens (tertiary/aromatic N) is 3. The lowest BCUT2D eigenvalue weighted by Crippen LogP contribution is -2.29. The lowest BCUT2D eigenvalue weighted by molar-refractivity contribution is 0.0785. The van der Waals surface area contributed by atoms with Crippen LogP contribution in [0.4, 0.5) is 0 Å². The second-order valence-electron chi connectivity index (χ2n) is 6.59. The van der Waals surface area contributed by atoms with Crippen molar-refractivity contribution < 1.29 is 14.3 Å². The molecule has 1 amide bonds. The third-order valence-electron chi connectivity index (χ3n) is 5.03. The number of fused-ring (bicyclic) bond motifs is 1. The number of likely N-dealkylation sites (tertiary alicyclic amines) is 1. The number of carbonyl (C=O) groups is 1. The molecule has 6 heteroatoms. The summed E-state index contributed by atoms with van der Waals surface area (Å²) in [5.41, 5.74) is 3.14. The van der Waals surface area contributed by atoms with Crippen molar-refractivity contribution in [1.29, 1.82) is 0 Å². The van der Waals surface area contributed by atoms with Crippen LogP contribution >= 0.6 is 0 Å². The highest BCUT2D eigenvalue weighted by Gasteiger charge is 2.29. The summed E-state index contributed by atoms with van der Waals surface area (Å²) >= 11 is 0. The van der Waals surface area contributed by atoms with E-state index >= 15 is 0 Å². The van der Waals surface area contributed by atoms with Gasteiger partial charge in [0.2, 0.25) is 0 Å². The highest BCUT2D eigenvalue weighted by molar-refractivity contribution is 5.94. The molecule has 1 atom stereocenters. The van der Waals surface area contributed by atoms with E-state index in [1.807, 2.05) is 41.3 Å². The summed E-state index contributed by atoms with van der Waals surface area (Å²) in [6.07, 6.45) is 2.63. The summed E-state index contributed by atoms with van der Waals surface area (Å²) in [4.78, 5) is 23.5. The Balaban J connectivity index is 1.52. The van der Waals surface area contributed by atoms with Gasteiger partial charge in [0.25, 0.3) is 5.91 Å². The van der Waals surface area contributed by atoms with Crippen LogP contribution in [0.3, 0.4) is 0 Å². The SMILES string of the molecule is COc1ccc(C2CCN(C(=O)c3ccc4ncccc4n3)C2)cc1OC. The van der Waals surface area contributed by atoms with E-state index in [0.29, 0.717) is 30.3 Å². The molecule has 0 bridgehead atoms. The summed E-state index contributed by atoms with van der Waals surface area (Å²) in [5.74, 6) is 1.66. The van der Waals surface area contributed by atoms with E-state index in [-0.39, 0.29) is 11.8 Å². The van der Waals surface area contributed by atoms with Gasteiger partial charge in [0, 0.05) is 25.2 Å². The van der Waals surface area contributed by atoms with E-state index in [4.69, 9.17) is 9.47 Å². The van der Waals surface area contributed by atoms with Crippen molar-refractivity contribution in [3.05, 3.63) is 59.9 Å². The summed E-state index contributed by atoms with van der Waals surface area (Å²) in [5, 5.41) is 0. The molecule has 27 heavy (non-hydrogen) atoms. The molecule has 3 aromatic rings. The van der Waals surface area contributed by atoms with Crippen LogP contribution in [-0.2, 0) is 0 Å². The number of carbonyl (C=O) groups excluding carboxylic acids is 1. The van der Waals surface area contributed by atoms with Crippen molar-refractivity contribution in [3.8, 4) is 11.5 Å². The topological polar surface area (TPSA) is 64.5 Å². The van der Waals surface area contributed by atoms with Crippen LogP contribution in [0.5, 0.6) is 11.5 Å². The maximum Gasteiger partial charge on any atom is 0.272 e. The molecule has 1 aliphatic heterocycles. The van der Waals surface area contributed by atoms with Gasteiger partial charge in [-0.3, -0.25) is 9.78 Å². The maximum absolute atomic E-state index is 12.9. The summed E-state index contributed by atoms with van der Waals surface area (Å²) in [6.45, 7) is 1.38. The Bertz CT molecular complexity index is 989. The zero-order valence-electron chi connectivity index (χ0n) is 15.4. The van der Waals surface area contributed by atoms with Crippen molar-refractivity contribution >= 4 is 16.9 Å². The van der Waals surface area contributed by atoms with Gasteiger partial charge in [-0.15, -0.1) is 0 Å². The first-order valence-corrected chi connectivity index (χ1v) is 8.92. The second kappa shape index (κ2) is 7.23. The minimum atomic E-state index is -0.0382. The van der Waals surface area contributed by atoms with Crippen LogP contribution in [0, 0.1) is 0 Å². The average molecular weight is 363 g/mol. The molecule has 138 valence electrons. The lowest BCUT2D eigenvalue weighted by atomic mass is 9.98. The van der Waals surface area contributed by atoms with E-state index in [1.165, 1.54) is 0 Å². The van der Waals surface area contributed by atoms with Crippen molar-refractivity contribution in [2.75, 3.05) is 27.3 Å². The minimum absolute atomic E-state index is 0.0382. The summed E-state index contributed by atoms with van der Waals surface area (Å²) in [7, 11) is 3.26. The molecule has 0 saturated carbocycles. The first-order valence-electron chi connectivity index (χ1n) is 8.92. The van der Waals surface area contributed by atoms with Gasteiger partial charge in [0.15, 0.2) is 11.5 Å². The van der Waals surface area contributed by atoms with E-state index in [0.717, 1.165) is 23.0 Å². The second-order valence-corrected chi connectivity index (χ2v) is 6.59. The minimum Gasteiger partial charge on any atom is -0.493 e. The van der Waals surface area contributed by atoms with Gasteiger partial charge >= 0.3 is 0 Å². The number of benzene rings is 1. The fourth-order valence-corrected chi connectivity index (χ4v) is 3.56. The Morgan fingerprint density at radius 3 is 2.74 bits per heavy atom. The summed E-state index contributed by atoms with van der Waals surface area (Å²) < 4.78 is 10.7. The molecule has 1 aliphatic rings. The molecule has 4 rings (SSSR count). The molecule has 0 spiro atoms. The molecule has 1 unspecified atom stereocenters. The fraction of sp³-hybridized carbons (Fsp3) is 0.286. The predicted octanol–water partition coefficient (Wildman–Crippen LogP) is 3.28. The van der Waals surface area contributed by atoms with E-state index in [9.17, 15) is 4.79 Å². The third kappa shape index (κ3) is 3.30. The molecule has 1 fully saturated rings. The first kappa shape index (κ1) is 17.3. The van der Waals surface area contributed by atoms with E-state index in [1.54, 1.807) is 26.5 Å². The number of aromatic nitrogens is 2. The number of pyridine rings is 2. The molecular weight excluding hydrogens is 342 g/mol. The van der Waals surface area contributed by atoms with Crippen LogP contribution in [0.1, 0.15) is 28.4 Å². The van der Waals surface area contributed by atoms with Crippen molar-refractivity contribution in [1.82, 2.24) is 14.9 Å². The maximum atomic E-state index is 12.9. The average Bonchev–Trinajstić information content (AvgIpc) is 3.22. The largest absolute Gasteiger partial charge is 0.493 e. The highest BCUT2D eigenvalue weighted by atomic mass is 16.5. The Hall–Kier alpha value is -3.15. The van der Waals surface area contributed by atoms with Crippen LogP contribution in [-0.4, -0.2) is 48.1 Å². The molecule has 0 radical (unpaired) electrons. The normalized spacial score (nSPS) is 16.5. The predicted molar refractivity (Wildman–Crippen MR) is 102 cm³/mol. The summed E-state index contributed by atoms with van der Waals surface area (Å²) in [6, 6.07) is 13.2. The molecule has 1 saturated heterocycles. The van der Waals surface area contributed by atoms with E-state index in [2.05, 4.69) is 9.97 Å². The molecule has 0 aliphatic carbocycles. The van der Waals surface area contributed by atoms with Gasteiger partial charge in [0.1, 0.15) is 5.69 Å². The van der Waals surface area contributed by atoms with Crippen LogP contribution in [0.25, 0.3) is 11.0 Å². The van der Waals surface area contributed by atoms with Gasteiger partial charge in [-0.2, -0.15) is 0 Å². The van der Waals surface area contributed by atoms with Gasteiger partial charge in [-0.1, -0.05) is 6.07 Å². The van der Waals surface area contributed by atoms with Crippen LogP contribution in [0.2, 0.25) is 0 Å². The number of amides is 1. The first-order chi connectivity index (χ1) is 13.2. The van der Waals surface area contributed by atoms with Crippen molar-refractivity contribution in [2.24, 2.45) is 0 Å². The van der Waals surface area contributed by atoms with Gasteiger partial charge in [-0.05, 0) is 48.4 Å². The van der Waals surface area contributed by atoms with Crippen molar-refractivity contribution in [3.63, 3.8) is 0 Å². The highest BCUT2D eigenvalue weighted by Crippen LogP contribution is 2.34. The quantitative estimate of drug-likeness (QED) is 0.712. The monoisotopic (exact) mass is 363 g/mol. The van der Waals surface area contributed by atoms with Gasteiger partial charge < -0.3 is 14.4 Å². The Labute approximate surface area is 157 Å². The molecule has 1 aromatic carbocycles. The number of ether oxygens (including phenoxy) is 2. The molecule has 2 aromatic heterocycles. The van der Waals surface area contributed by atoms with Crippen LogP contribution < -0.4 is 9.47 Å². The van der Waals surface area contributed by atoms with Crippen molar-refractivity contribution in [2.45, 2.75) is 12.3 Å². The number of hydrogen-bond donors (Lipinski definition) is 0. The zero-order valence-corrected chi connectivity index (χ0v) is 15.4. The third-order valence-corrected chi connectivity index (χ3v) is 5.03. The van der Waals surface area contributed by atoms with Gasteiger partial charge in [0.05, 0.1) is 25.3 Å². The molecular formula is C21H21N3O3. The fourth-order valence-electron chi connectivity index (χ4n) is 3.56. The van der Waals surface area contributed by atoms with E-state index < -0.39 is 0 Å². The van der Waals surface area contributed by atoms with Crippen LogP contribution in [0.15, 0.2) is 48.7 Å². The molecule has 6 nitrogen and oxygen atoms in total. The molecule has 3 heterocycles. The molecule has 0 N–H and O–H groups in total. The van der Waals surface area contributed by atoms with Gasteiger partial charge in [-0.25, -0.2) is 4.98 Å². The number of methoxy groups -OCH3 is 2. The smallest absolute Gasteiger partial charge is 0.272 e. The number of rotatable bonds is 4. The Morgan fingerprint density at radius 1 is 1.07 bits per heavy atom. The standard InChI is InChI=1S/C21H21N3O3/c1-26-19-8-5-14(12-20(19)27-2)15-9-11-24(13-15)21(25)18-7-6-16-17(23-18)4-3-10-22-16/h3-8,10,12,15H,9,11,13H2,1-2H3. The Morgan fingerprint density at radius 2 is 1.93 bits per heavy atom. The zero-order chi connectivity index (χ0) is 18.8. The number of hydrogen-bond acceptors (Lipinski definition) is 5.